The molecule has 1 N–H and O–H groups in total. The van der Waals surface area contributed by atoms with Crippen LogP contribution in [-0.2, 0) is 12.7 Å². The highest BCUT2D eigenvalue weighted by Gasteiger charge is 2.32. The molecule has 1 aliphatic heterocycles. The number of nitrogens with one attached hydrogen (secondary N) is 1. The third-order valence-corrected chi connectivity index (χ3v) is 4.71. The monoisotopic (exact) mass is 516 g/mol. The second-order valence-electron chi connectivity index (χ2n) is 6.48. The van der Waals surface area contributed by atoms with E-state index in [9.17, 15) is 13.2 Å². The quantitative estimate of drug-likeness (QED) is 0.375. The Bertz CT molecular complexity index is 822. The molecule has 1 fully saturated rings. The molecular weight excluding hydrogens is 496 g/mol. The number of halogens is 5. The lowest BCUT2D eigenvalue weighted by atomic mass is 10.0. The van der Waals surface area contributed by atoms with E-state index in [1.54, 1.807) is 7.05 Å². The molecule has 1 saturated heterocycles. The van der Waals surface area contributed by atoms with Crippen molar-refractivity contribution in [2.45, 2.75) is 32.5 Å². The van der Waals surface area contributed by atoms with Crippen molar-refractivity contribution in [2.75, 3.05) is 20.1 Å². The Morgan fingerprint density at radius 1 is 1.41 bits per heavy atom. The van der Waals surface area contributed by atoms with Gasteiger partial charge in [-0.15, -0.1) is 34.2 Å². The Kier molecular flexibility index (Phi) is 7.17. The maximum absolute atomic E-state index is 13.0. The maximum Gasteiger partial charge on any atom is 0.417 e. The summed E-state index contributed by atoms with van der Waals surface area (Å²) in [5.41, 5.74) is -0.650. The molecule has 1 aliphatic rings. The highest BCUT2D eigenvalue weighted by molar-refractivity contribution is 14.0. The molecule has 0 aromatic carbocycles. The zero-order valence-corrected chi connectivity index (χ0v) is 18.0. The fraction of sp³-hybridized carbons (Fsp3) is 0.562. The van der Waals surface area contributed by atoms with E-state index in [4.69, 9.17) is 11.6 Å². The molecule has 0 saturated carbocycles. The van der Waals surface area contributed by atoms with Crippen molar-refractivity contribution in [3.63, 3.8) is 0 Å². The number of alkyl halides is 3. The molecule has 0 amide bonds. The average Bonchev–Trinajstić information content (AvgIpc) is 2.98. The molecule has 2 aromatic rings. The number of likely N-dealkylation sites (tertiary alicyclic amines) is 1. The molecule has 1 atom stereocenters. The van der Waals surface area contributed by atoms with Gasteiger partial charge >= 0.3 is 6.18 Å². The molecular formula is C16H21ClF3IN6. The number of nitrogens with zero attached hydrogens (tertiary/aromatic N) is 5. The minimum absolute atomic E-state index is 0. The van der Waals surface area contributed by atoms with E-state index in [1.807, 2.05) is 0 Å². The minimum Gasteiger partial charge on any atom is -0.349 e. The van der Waals surface area contributed by atoms with E-state index in [0.29, 0.717) is 17.7 Å². The summed E-state index contributed by atoms with van der Waals surface area (Å²) in [4.78, 5) is 6.41. The SMILES string of the molecule is CN=C(NCc1nnc2c(Cl)cc(C(F)(F)F)cn12)N1CCCC(C)C1.I. The van der Waals surface area contributed by atoms with Crippen LogP contribution in [0, 0.1) is 5.92 Å². The largest absolute Gasteiger partial charge is 0.417 e. The average molecular weight is 517 g/mol. The predicted molar refractivity (Wildman–Crippen MR) is 109 cm³/mol. The van der Waals surface area contributed by atoms with Crippen LogP contribution in [0.25, 0.3) is 5.65 Å². The number of hydrogen-bond acceptors (Lipinski definition) is 3. The molecule has 0 spiro atoms. The second-order valence-corrected chi connectivity index (χ2v) is 6.89. The molecule has 150 valence electrons. The molecule has 27 heavy (non-hydrogen) atoms. The van der Waals surface area contributed by atoms with Gasteiger partial charge in [-0.05, 0) is 24.8 Å². The lowest BCUT2D eigenvalue weighted by Gasteiger charge is -2.33. The lowest BCUT2D eigenvalue weighted by Crippen LogP contribution is -2.46. The topological polar surface area (TPSA) is 57.8 Å². The summed E-state index contributed by atoms with van der Waals surface area (Å²) in [5.74, 6) is 1.61. The molecule has 3 rings (SSSR count). The van der Waals surface area contributed by atoms with Crippen molar-refractivity contribution in [1.82, 2.24) is 24.8 Å². The summed E-state index contributed by atoms with van der Waals surface area (Å²) >= 11 is 5.93. The highest BCUT2D eigenvalue weighted by Crippen LogP contribution is 2.32. The van der Waals surface area contributed by atoms with E-state index >= 15 is 0 Å². The third kappa shape index (κ3) is 4.95. The first-order valence-corrected chi connectivity index (χ1v) is 8.73. The molecule has 2 aromatic heterocycles. The van der Waals surface area contributed by atoms with Gasteiger partial charge in [-0.2, -0.15) is 13.2 Å². The van der Waals surface area contributed by atoms with E-state index in [0.717, 1.165) is 31.8 Å². The van der Waals surface area contributed by atoms with Gasteiger partial charge in [-0.25, -0.2) is 0 Å². The second kappa shape index (κ2) is 8.80. The van der Waals surface area contributed by atoms with Crippen LogP contribution in [0.2, 0.25) is 5.02 Å². The van der Waals surface area contributed by atoms with Crippen molar-refractivity contribution in [3.05, 3.63) is 28.7 Å². The summed E-state index contributed by atoms with van der Waals surface area (Å²) < 4.78 is 40.4. The number of hydrogen-bond donors (Lipinski definition) is 1. The van der Waals surface area contributed by atoms with Crippen molar-refractivity contribution in [3.8, 4) is 0 Å². The number of guanidine groups is 1. The summed E-state index contributed by atoms with van der Waals surface area (Å²) in [6.07, 6.45) is -1.27. The van der Waals surface area contributed by atoms with E-state index < -0.39 is 11.7 Å². The normalized spacial score (nSPS) is 18.5. The number of piperidine rings is 1. The smallest absolute Gasteiger partial charge is 0.349 e. The fourth-order valence-corrected chi connectivity index (χ4v) is 3.39. The molecule has 3 heterocycles. The number of fused-ring (bicyclic) bond motifs is 1. The zero-order valence-electron chi connectivity index (χ0n) is 14.9. The molecule has 1 unspecified atom stereocenters. The van der Waals surface area contributed by atoms with Gasteiger partial charge in [0.25, 0.3) is 0 Å². The number of aromatic nitrogens is 3. The number of rotatable bonds is 2. The van der Waals surface area contributed by atoms with Crippen molar-refractivity contribution < 1.29 is 13.2 Å². The van der Waals surface area contributed by atoms with Crippen LogP contribution in [-0.4, -0.2) is 45.6 Å². The van der Waals surface area contributed by atoms with Crippen LogP contribution in [0.5, 0.6) is 0 Å². The van der Waals surface area contributed by atoms with Crippen LogP contribution < -0.4 is 5.32 Å². The van der Waals surface area contributed by atoms with Gasteiger partial charge in [-0.1, -0.05) is 18.5 Å². The van der Waals surface area contributed by atoms with Gasteiger partial charge in [0.1, 0.15) is 0 Å². The van der Waals surface area contributed by atoms with Crippen molar-refractivity contribution in [1.29, 1.82) is 0 Å². The van der Waals surface area contributed by atoms with Crippen LogP contribution in [0.1, 0.15) is 31.2 Å². The summed E-state index contributed by atoms with van der Waals surface area (Å²) in [5, 5.41) is 10.9. The van der Waals surface area contributed by atoms with E-state index in [-0.39, 0.29) is 41.2 Å². The first-order valence-electron chi connectivity index (χ1n) is 8.35. The summed E-state index contributed by atoms with van der Waals surface area (Å²) in [6.45, 7) is 4.17. The zero-order chi connectivity index (χ0) is 18.9. The molecule has 0 radical (unpaired) electrons. The fourth-order valence-electron chi connectivity index (χ4n) is 3.15. The Balaban J connectivity index is 0.00000261. The van der Waals surface area contributed by atoms with Gasteiger partial charge in [0.2, 0.25) is 0 Å². The van der Waals surface area contributed by atoms with Crippen LogP contribution >= 0.6 is 35.6 Å². The van der Waals surface area contributed by atoms with Crippen LogP contribution in [0.15, 0.2) is 17.3 Å². The van der Waals surface area contributed by atoms with E-state index in [2.05, 4.69) is 32.3 Å². The van der Waals surface area contributed by atoms with Crippen LogP contribution in [0.4, 0.5) is 13.2 Å². The number of pyridine rings is 1. The van der Waals surface area contributed by atoms with Crippen LogP contribution in [0.3, 0.4) is 0 Å². The minimum atomic E-state index is -4.49. The Hall–Kier alpha value is -1.30. The van der Waals surface area contributed by atoms with E-state index in [1.165, 1.54) is 10.8 Å². The number of aliphatic imine (C=N–C) groups is 1. The first kappa shape index (κ1) is 22.0. The van der Waals surface area contributed by atoms with Crippen molar-refractivity contribution >= 4 is 47.2 Å². The predicted octanol–water partition coefficient (Wildman–Crippen LogP) is 3.83. The Labute approximate surface area is 177 Å². The highest BCUT2D eigenvalue weighted by atomic mass is 127. The van der Waals surface area contributed by atoms with Gasteiger partial charge in [0.15, 0.2) is 17.4 Å². The Morgan fingerprint density at radius 3 is 2.78 bits per heavy atom. The van der Waals surface area contributed by atoms with Gasteiger partial charge in [-0.3, -0.25) is 9.39 Å². The molecule has 0 aliphatic carbocycles. The van der Waals surface area contributed by atoms with Gasteiger partial charge in [0, 0.05) is 26.3 Å². The van der Waals surface area contributed by atoms with Gasteiger partial charge < -0.3 is 10.2 Å². The molecule has 11 heteroatoms. The first-order chi connectivity index (χ1) is 12.3. The lowest BCUT2D eigenvalue weighted by molar-refractivity contribution is -0.137. The maximum atomic E-state index is 13.0. The molecule has 6 nitrogen and oxygen atoms in total. The molecule has 0 bridgehead atoms. The third-order valence-electron chi connectivity index (χ3n) is 4.43. The van der Waals surface area contributed by atoms with Crippen molar-refractivity contribution in [2.24, 2.45) is 10.9 Å². The summed E-state index contributed by atoms with van der Waals surface area (Å²) in [7, 11) is 1.68. The standard InChI is InChI=1S/C16H20ClF3N6.HI/c1-10-4-3-5-25(8-10)15(21-2)22-7-13-23-24-14-12(17)6-11(9-26(13)14)16(18,19)20;/h6,9-10H,3-5,7-8H2,1-2H3,(H,21,22);1H. The van der Waals surface area contributed by atoms with Gasteiger partial charge in [0.05, 0.1) is 17.1 Å². The Morgan fingerprint density at radius 2 is 2.15 bits per heavy atom. The summed E-state index contributed by atoms with van der Waals surface area (Å²) in [6, 6.07) is 0.858.